The molecule has 2 aromatic rings. The SMILES string of the molecule is COc1cccc(C(=O)/C(C#N)=C/c2cccc(OC)c2OC(C)C)c1. The fourth-order valence-electron chi connectivity index (χ4n) is 2.39. The fourth-order valence-corrected chi connectivity index (χ4v) is 2.39. The van der Waals surface area contributed by atoms with Gasteiger partial charge in [-0.2, -0.15) is 5.26 Å². The van der Waals surface area contributed by atoms with Crippen molar-refractivity contribution in [2.75, 3.05) is 14.2 Å². The molecule has 0 heterocycles. The third-order valence-electron chi connectivity index (χ3n) is 3.58. The molecule has 0 N–H and O–H groups in total. The van der Waals surface area contributed by atoms with Crippen LogP contribution in [0.1, 0.15) is 29.8 Å². The van der Waals surface area contributed by atoms with Gasteiger partial charge >= 0.3 is 0 Å². The van der Waals surface area contributed by atoms with E-state index in [2.05, 4.69) is 0 Å². The Balaban J connectivity index is 2.48. The molecular formula is C21H21NO4. The summed E-state index contributed by atoms with van der Waals surface area (Å²) in [7, 11) is 3.07. The van der Waals surface area contributed by atoms with Crippen molar-refractivity contribution in [3.05, 3.63) is 59.2 Å². The third-order valence-corrected chi connectivity index (χ3v) is 3.58. The molecule has 0 unspecified atom stereocenters. The maximum atomic E-state index is 12.7. The van der Waals surface area contributed by atoms with Gasteiger partial charge in [0, 0.05) is 11.1 Å². The fraction of sp³-hybridized carbons (Fsp3) is 0.238. The van der Waals surface area contributed by atoms with Crippen molar-refractivity contribution in [1.29, 1.82) is 5.26 Å². The molecule has 0 aliphatic heterocycles. The second-order valence-electron chi connectivity index (χ2n) is 5.78. The highest BCUT2D eigenvalue weighted by molar-refractivity contribution is 6.14. The first-order valence-corrected chi connectivity index (χ1v) is 8.14. The Morgan fingerprint density at radius 2 is 1.85 bits per heavy atom. The summed E-state index contributed by atoms with van der Waals surface area (Å²) in [6.07, 6.45) is 1.43. The first-order chi connectivity index (χ1) is 12.5. The highest BCUT2D eigenvalue weighted by atomic mass is 16.5. The monoisotopic (exact) mass is 351 g/mol. The first kappa shape index (κ1) is 19.1. The smallest absolute Gasteiger partial charge is 0.203 e. The van der Waals surface area contributed by atoms with E-state index in [0.29, 0.717) is 28.4 Å². The number of ether oxygens (including phenoxy) is 3. The lowest BCUT2D eigenvalue weighted by Gasteiger charge is -2.16. The number of ketones is 1. The standard InChI is InChI=1S/C21H21NO4/c1-14(2)26-21-16(8-6-10-19(21)25-4)11-17(13-22)20(23)15-7-5-9-18(12-15)24-3/h5-12,14H,1-4H3/b17-11+. The molecule has 0 amide bonds. The number of carbonyl (C=O) groups is 1. The zero-order chi connectivity index (χ0) is 19.1. The molecule has 0 saturated carbocycles. The quantitative estimate of drug-likeness (QED) is 0.423. The van der Waals surface area contributed by atoms with E-state index >= 15 is 0 Å². The molecule has 2 rings (SSSR count). The Kier molecular flexibility index (Phi) is 6.40. The van der Waals surface area contributed by atoms with E-state index in [0.717, 1.165) is 0 Å². The van der Waals surface area contributed by atoms with Crippen LogP contribution in [-0.4, -0.2) is 26.1 Å². The summed E-state index contributed by atoms with van der Waals surface area (Å²) in [5.41, 5.74) is 0.984. The van der Waals surface area contributed by atoms with E-state index in [9.17, 15) is 10.1 Å². The summed E-state index contributed by atoms with van der Waals surface area (Å²) in [4.78, 5) is 12.7. The Hall–Kier alpha value is -3.26. The number of methoxy groups -OCH3 is 2. The number of carbonyl (C=O) groups excluding carboxylic acids is 1. The van der Waals surface area contributed by atoms with Gasteiger partial charge in [-0.05, 0) is 38.1 Å². The molecule has 0 saturated heterocycles. The molecule has 0 aromatic heterocycles. The summed E-state index contributed by atoms with van der Waals surface area (Å²) in [5.74, 6) is 1.21. The predicted molar refractivity (Wildman–Crippen MR) is 99.7 cm³/mol. The topological polar surface area (TPSA) is 68.6 Å². The van der Waals surface area contributed by atoms with E-state index in [1.54, 1.807) is 49.6 Å². The Morgan fingerprint density at radius 3 is 2.46 bits per heavy atom. The number of nitriles is 1. The summed E-state index contributed by atoms with van der Waals surface area (Å²) < 4.78 is 16.3. The number of benzene rings is 2. The molecule has 0 aliphatic rings. The normalized spacial score (nSPS) is 11.0. The lowest BCUT2D eigenvalue weighted by molar-refractivity contribution is 0.103. The van der Waals surface area contributed by atoms with Gasteiger partial charge in [0.1, 0.15) is 17.4 Å². The van der Waals surface area contributed by atoms with Crippen molar-refractivity contribution in [1.82, 2.24) is 0 Å². The Bertz CT molecular complexity index is 863. The van der Waals surface area contributed by atoms with Gasteiger partial charge in [-0.15, -0.1) is 0 Å². The van der Waals surface area contributed by atoms with Gasteiger partial charge < -0.3 is 14.2 Å². The summed E-state index contributed by atoms with van der Waals surface area (Å²) in [5, 5.41) is 9.50. The number of nitrogens with zero attached hydrogens (tertiary/aromatic N) is 1. The van der Waals surface area contributed by atoms with E-state index in [1.165, 1.54) is 13.2 Å². The highest BCUT2D eigenvalue weighted by Gasteiger charge is 2.16. The summed E-state index contributed by atoms with van der Waals surface area (Å²) >= 11 is 0. The first-order valence-electron chi connectivity index (χ1n) is 8.14. The van der Waals surface area contributed by atoms with Gasteiger partial charge in [-0.3, -0.25) is 4.79 Å². The molecule has 0 fully saturated rings. The van der Waals surface area contributed by atoms with Crippen LogP contribution in [-0.2, 0) is 0 Å². The van der Waals surface area contributed by atoms with Crippen LogP contribution in [0.4, 0.5) is 0 Å². The number of para-hydroxylation sites is 1. The number of Topliss-reactive ketones (excluding diaryl/α,β-unsaturated/α-hetero) is 1. The Morgan fingerprint density at radius 1 is 1.12 bits per heavy atom. The minimum atomic E-state index is -0.385. The molecule has 5 nitrogen and oxygen atoms in total. The van der Waals surface area contributed by atoms with Gasteiger partial charge in [0.05, 0.1) is 20.3 Å². The largest absolute Gasteiger partial charge is 0.497 e. The number of hydrogen-bond acceptors (Lipinski definition) is 5. The minimum Gasteiger partial charge on any atom is -0.497 e. The average Bonchev–Trinajstić information content (AvgIpc) is 2.66. The molecule has 0 radical (unpaired) electrons. The summed E-state index contributed by atoms with van der Waals surface area (Å²) in [6.45, 7) is 3.79. The van der Waals surface area contributed by atoms with Crippen LogP contribution in [0.3, 0.4) is 0 Å². The zero-order valence-electron chi connectivity index (χ0n) is 15.3. The van der Waals surface area contributed by atoms with Crippen LogP contribution < -0.4 is 14.2 Å². The third kappa shape index (κ3) is 4.42. The molecular weight excluding hydrogens is 330 g/mol. The lowest BCUT2D eigenvalue weighted by Crippen LogP contribution is -2.08. The van der Waals surface area contributed by atoms with Crippen LogP contribution in [0.25, 0.3) is 6.08 Å². The van der Waals surface area contributed by atoms with Crippen molar-refractivity contribution in [3.8, 4) is 23.3 Å². The van der Waals surface area contributed by atoms with Crippen LogP contribution in [0.2, 0.25) is 0 Å². The number of rotatable bonds is 7. The van der Waals surface area contributed by atoms with Gasteiger partial charge in [-0.25, -0.2) is 0 Å². The second kappa shape index (κ2) is 8.72. The van der Waals surface area contributed by atoms with Crippen LogP contribution in [0.5, 0.6) is 17.2 Å². The second-order valence-corrected chi connectivity index (χ2v) is 5.78. The van der Waals surface area contributed by atoms with Crippen LogP contribution in [0, 0.1) is 11.3 Å². The Labute approximate surface area is 153 Å². The molecule has 0 atom stereocenters. The van der Waals surface area contributed by atoms with E-state index < -0.39 is 0 Å². The summed E-state index contributed by atoms with van der Waals surface area (Å²) in [6, 6.07) is 14.0. The van der Waals surface area contributed by atoms with E-state index in [1.807, 2.05) is 19.9 Å². The van der Waals surface area contributed by atoms with Crippen molar-refractivity contribution in [2.45, 2.75) is 20.0 Å². The molecule has 2 aromatic carbocycles. The van der Waals surface area contributed by atoms with Crippen molar-refractivity contribution < 1.29 is 19.0 Å². The molecule has 0 aliphatic carbocycles. The number of allylic oxidation sites excluding steroid dienone is 1. The van der Waals surface area contributed by atoms with Gasteiger partial charge in [0.15, 0.2) is 11.5 Å². The maximum absolute atomic E-state index is 12.7. The van der Waals surface area contributed by atoms with E-state index in [-0.39, 0.29) is 17.5 Å². The van der Waals surface area contributed by atoms with Crippen molar-refractivity contribution in [3.63, 3.8) is 0 Å². The lowest BCUT2D eigenvalue weighted by atomic mass is 10.0. The number of hydrogen-bond donors (Lipinski definition) is 0. The minimum absolute atomic E-state index is 0.000104. The van der Waals surface area contributed by atoms with Crippen LogP contribution in [0.15, 0.2) is 48.0 Å². The van der Waals surface area contributed by atoms with Gasteiger partial charge in [0.2, 0.25) is 5.78 Å². The maximum Gasteiger partial charge on any atom is 0.203 e. The molecule has 0 bridgehead atoms. The van der Waals surface area contributed by atoms with Gasteiger partial charge in [-0.1, -0.05) is 24.3 Å². The van der Waals surface area contributed by atoms with Crippen molar-refractivity contribution in [2.24, 2.45) is 0 Å². The molecule has 134 valence electrons. The highest BCUT2D eigenvalue weighted by Crippen LogP contribution is 2.33. The zero-order valence-corrected chi connectivity index (χ0v) is 15.3. The van der Waals surface area contributed by atoms with Gasteiger partial charge in [0.25, 0.3) is 0 Å². The molecule has 0 spiro atoms. The molecule has 5 heteroatoms. The van der Waals surface area contributed by atoms with Crippen LogP contribution >= 0.6 is 0 Å². The van der Waals surface area contributed by atoms with E-state index in [4.69, 9.17) is 14.2 Å². The van der Waals surface area contributed by atoms with Crippen molar-refractivity contribution >= 4 is 11.9 Å². The average molecular weight is 351 g/mol. The molecule has 26 heavy (non-hydrogen) atoms. The predicted octanol–water partition coefficient (Wildman–Crippen LogP) is 4.28.